The third-order valence-electron chi connectivity index (χ3n) is 5.44. The van der Waals surface area contributed by atoms with Crippen molar-refractivity contribution in [3.8, 4) is 0 Å². The molecule has 0 aliphatic heterocycles. The standard InChI is InChI=1S/C24H26FN3O3/c1-24(2,3)31-23(30)28(4)21-17-8-6-5-7-14(17)12-19(21)27-22(29)20-13-15-11-16(25)9-10-18(15)26-20/h5-11,13,19,21,26H,12H2,1-4H3,(H,27,29)/t19-,21-/m1/s1. The zero-order valence-corrected chi connectivity index (χ0v) is 18.0. The molecule has 1 aromatic heterocycles. The molecule has 2 N–H and O–H groups in total. The predicted molar refractivity (Wildman–Crippen MR) is 116 cm³/mol. The number of likely N-dealkylation sites (N-methyl/N-ethyl adjacent to an activating group) is 1. The summed E-state index contributed by atoms with van der Waals surface area (Å²) in [7, 11) is 1.69. The summed E-state index contributed by atoms with van der Waals surface area (Å²) in [5.74, 6) is -0.666. The van der Waals surface area contributed by atoms with Crippen LogP contribution in [0.15, 0.2) is 48.5 Å². The first kappa shape index (κ1) is 20.9. The van der Waals surface area contributed by atoms with E-state index < -0.39 is 11.7 Å². The zero-order valence-electron chi connectivity index (χ0n) is 18.0. The summed E-state index contributed by atoms with van der Waals surface area (Å²) in [4.78, 5) is 30.3. The average molecular weight is 423 g/mol. The van der Waals surface area contributed by atoms with Crippen molar-refractivity contribution in [2.75, 3.05) is 7.05 Å². The topological polar surface area (TPSA) is 74.4 Å². The first-order chi connectivity index (χ1) is 14.6. The van der Waals surface area contributed by atoms with Gasteiger partial charge >= 0.3 is 6.09 Å². The third kappa shape index (κ3) is 4.26. The van der Waals surface area contributed by atoms with Crippen LogP contribution < -0.4 is 5.32 Å². The van der Waals surface area contributed by atoms with Crippen LogP contribution in [0.1, 0.15) is 48.4 Å². The Labute approximate surface area is 180 Å². The number of hydrogen-bond acceptors (Lipinski definition) is 3. The highest BCUT2D eigenvalue weighted by Crippen LogP contribution is 2.36. The first-order valence-electron chi connectivity index (χ1n) is 10.2. The van der Waals surface area contributed by atoms with Crippen LogP contribution in [-0.4, -0.2) is 40.6 Å². The van der Waals surface area contributed by atoms with Crippen molar-refractivity contribution < 1.29 is 18.7 Å². The lowest BCUT2D eigenvalue weighted by Crippen LogP contribution is -2.46. The van der Waals surface area contributed by atoms with E-state index >= 15 is 0 Å². The summed E-state index contributed by atoms with van der Waals surface area (Å²) >= 11 is 0. The van der Waals surface area contributed by atoms with Gasteiger partial charge in [-0.05, 0) is 62.6 Å². The summed E-state index contributed by atoms with van der Waals surface area (Å²) in [5, 5.41) is 3.68. The monoisotopic (exact) mass is 423 g/mol. The molecule has 31 heavy (non-hydrogen) atoms. The molecule has 7 heteroatoms. The Morgan fingerprint density at radius 2 is 1.90 bits per heavy atom. The Morgan fingerprint density at radius 3 is 2.65 bits per heavy atom. The van der Waals surface area contributed by atoms with Gasteiger partial charge in [-0.1, -0.05) is 24.3 Å². The largest absolute Gasteiger partial charge is 0.444 e. The van der Waals surface area contributed by atoms with E-state index in [-0.39, 0.29) is 23.8 Å². The van der Waals surface area contributed by atoms with Gasteiger partial charge in [0, 0.05) is 18.0 Å². The summed E-state index contributed by atoms with van der Waals surface area (Å²) in [6.07, 6.45) is 0.142. The molecular formula is C24H26FN3O3. The van der Waals surface area contributed by atoms with Crippen LogP contribution in [-0.2, 0) is 11.2 Å². The van der Waals surface area contributed by atoms with Crippen LogP contribution in [0.2, 0.25) is 0 Å². The Morgan fingerprint density at radius 1 is 1.16 bits per heavy atom. The Hall–Kier alpha value is -3.35. The molecule has 4 rings (SSSR count). The first-order valence-corrected chi connectivity index (χ1v) is 10.2. The van der Waals surface area contributed by atoms with Gasteiger partial charge in [0.2, 0.25) is 0 Å². The normalized spacial score (nSPS) is 18.0. The van der Waals surface area contributed by atoms with E-state index in [1.165, 1.54) is 12.1 Å². The van der Waals surface area contributed by atoms with Gasteiger partial charge in [-0.3, -0.25) is 4.79 Å². The van der Waals surface area contributed by atoms with E-state index in [2.05, 4.69) is 10.3 Å². The molecule has 162 valence electrons. The SMILES string of the molecule is CN(C(=O)OC(C)(C)C)[C@@H]1c2ccccc2C[C@H]1NC(=O)c1cc2cc(F)ccc2[nH]1. The second-order valence-electron chi connectivity index (χ2n) is 8.93. The van der Waals surface area contributed by atoms with Gasteiger partial charge < -0.3 is 19.9 Å². The molecule has 0 spiro atoms. The van der Waals surface area contributed by atoms with Crippen molar-refractivity contribution in [1.29, 1.82) is 0 Å². The maximum Gasteiger partial charge on any atom is 0.410 e. The number of aromatic amines is 1. The second kappa shape index (κ2) is 7.72. The lowest BCUT2D eigenvalue weighted by atomic mass is 10.1. The fourth-order valence-corrected chi connectivity index (χ4v) is 4.10. The summed E-state index contributed by atoms with van der Waals surface area (Å²) in [5.41, 5.74) is 2.47. The number of H-pyrrole nitrogens is 1. The molecule has 6 nitrogen and oxygen atoms in total. The van der Waals surface area contributed by atoms with Gasteiger partial charge in [0.05, 0.1) is 12.1 Å². The molecular weight excluding hydrogens is 397 g/mol. The molecule has 0 fully saturated rings. The molecule has 0 bridgehead atoms. The number of fused-ring (bicyclic) bond motifs is 2. The maximum atomic E-state index is 13.5. The number of carbonyl (C=O) groups is 2. The molecule has 0 saturated heterocycles. The summed E-state index contributed by atoms with van der Waals surface area (Å²) in [6.45, 7) is 5.46. The van der Waals surface area contributed by atoms with E-state index in [1.54, 1.807) is 24.1 Å². The van der Waals surface area contributed by atoms with E-state index in [9.17, 15) is 14.0 Å². The van der Waals surface area contributed by atoms with Crippen molar-refractivity contribution in [3.05, 3.63) is 71.2 Å². The number of nitrogens with zero attached hydrogens (tertiary/aromatic N) is 1. The number of rotatable bonds is 3. The van der Waals surface area contributed by atoms with Crippen LogP contribution >= 0.6 is 0 Å². The third-order valence-corrected chi connectivity index (χ3v) is 5.44. The van der Waals surface area contributed by atoms with Gasteiger partial charge in [0.15, 0.2) is 0 Å². The van der Waals surface area contributed by atoms with Gasteiger partial charge in [0.1, 0.15) is 17.1 Å². The Balaban J connectivity index is 1.59. The minimum Gasteiger partial charge on any atom is -0.444 e. The van der Waals surface area contributed by atoms with Crippen molar-refractivity contribution >= 4 is 22.9 Å². The molecule has 2 aromatic carbocycles. The minimum absolute atomic E-state index is 0.308. The van der Waals surface area contributed by atoms with E-state index in [0.717, 1.165) is 11.1 Å². The Bertz CT molecular complexity index is 1150. The van der Waals surface area contributed by atoms with Crippen molar-refractivity contribution in [2.45, 2.75) is 44.9 Å². The number of benzene rings is 2. The minimum atomic E-state index is -0.623. The Kier molecular flexibility index (Phi) is 5.21. The predicted octanol–water partition coefficient (Wildman–Crippen LogP) is 4.57. The number of aromatic nitrogens is 1. The van der Waals surface area contributed by atoms with Crippen LogP contribution in [0.25, 0.3) is 10.9 Å². The van der Waals surface area contributed by atoms with E-state index in [4.69, 9.17) is 4.74 Å². The molecule has 0 radical (unpaired) electrons. The quantitative estimate of drug-likeness (QED) is 0.648. The van der Waals surface area contributed by atoms with Crippen molar-refractivity contribution in [2.24, 2.45) is 0 Å². The van der Waals surface area contributed by atoms with Crippen molar-refractivity contribution in [3.63, 3.8) is 0 Å². The average Bonchev–Trinajstić information content (AvgIpc) is 3.26. The van der Waals surface area contributed by atoms with Crippen molar-refractivity contribution in [1.82, 2.24) is 15.2 Å². The smallest absolute Gasteiger partial charge is 0.410 e. The number of hydrogen-bond donors (Lipinski definition) is 2. The van der Waals surface area contributed by atoms with Gasteiger partial charge in [-0.2, -0.15) is 0 Å². The number of halogens is 1. The zero-order chi connectivity index (χ0) is 22.3. The van der Waals surface area contributed by atoms with Crippen LogP contribution in [0.5, 0.6) is 0 Å². The molecule has 1 heterocycles. The molecule has 0 unspecified atom stereocenters. The summed E-state index contributed by atoms with van der Waals surface area (Å²) in [6, 6.07) is 13.1. The highest BCUT2D eigenvalue weighted by atomic mass is 19.1. The molecule has 1 aliphatic rings. The molecule has 1 aliphatic carbocycles. The molecule has 0 saturated carbocycles. The van der Waals surface area contributed by atoms with Crippen LogP contribution in [0, 0.1) is 5.82 Å². The lowest BCUT2D eigenvalue weighted by Gasteiger charge is -2.32. The number of nitrogens with one attached hydrogen (secondary N) is 2. The fraction of sp³-hybridized carbons (Fsp3) is 0.333. The van der Waals surface area contributed by atoms with Crippen LogP contribution in [0.4, 0.5) is 9.18 Å². The van der Waals surface area contributed by atoms with Gasteiger partial charge in [-0.25, -0.2) is 9.18 Å². The molecule has 2 amide bonds. The molecule has 3 aromatic rings. The lowest BCUT2D eigenvalue weighted by molar-refractivity contribution is 0.0192. The van der Waals surface area contributed by atoms with Crippen LogP contribution in [0.3, 0.4) is 0 Å². The molecule has 2 atom stereocenters. The van der Waals surface area contributed by atoms with E-state index in [0.29, 0.717) is 23.0 Å². The van der Waals surface area contributed by atoms with E-state index in [1.807, 2.05) is 45.0 Å². The van der Waals surface area contributed by atoms with Gasteiger partial charge in [-0.15, -0.1) is 0 Å². The highest BCUT2D eigenvalue weighted by molar-refractivity contribution is 5.98. The number of ether oxygens (including phenoxy) is 1. The fourth-order valence-electron chi connectivity index (χ4n) is 4.10. The highest BCUT2D eigenvalue weighted by Gasteiger charge is 2.39. The maximum absolute atomic E-state index is 13.5. The number of amides is 2. The second-order valence-corrected chi connectivity index (χ2v) is 8.93. The van der Waals surface area contributed by atoms with Gasteiger partial charge in [0.25, 0.3) is 5.91 Å². The number of carbonyl (C=O) groups excluding carboxylic acids is 2. The summed E-state index contributed by atoms with van der Waals surface area (Å²) < 4.78 is 19.0.